The zero-order valence-corrected chi connectivity index (χ0v) is 8.94. The van der Waals surface area contributed by atoms with E-state index >= 15 is 0 Å². The topological polar surface area (TPSA) is 49.0 Å². The Hall–Kier alpha value is -1.84. The molecular formula is C12H13N3O. The number of likely N-dealkylation sites (tertiary alicyclic amines) is 1. The molecule has 0 spiro atoms. The third kappa shape index (κ3) is 1.38. The van der Waals surface area contributed by atoms with E-state index in [-0.39, 0.29) is 5.91 Å². The number of nitrogens with zero attached hydrogens (tertiary/aromatic N) is 2. The number of amides is 1. The minimum absolute atomic E-state index is 0.118. The second-order valence-electron chi connectivity index (χ2n) is 4.14. The Morgan fingerprint density at radius 3 is 2.94 bits per heavy atom. The van der Waals surface area contributed by atoms with Gasteiger partial charge in [-0.3, -0.25) is 9.89 Å². The third-order valence-corrected chi connectivity index (χ3v) is 3.10. The molecule has 3 rings (SSSR count). The predicted octanol–water partition coefficient (Wildman–Crippen LogP) is 1.80. The zero-order chi connectivity index (χ0) is 11.0. The molecule has 1 aliphatic rings. The van der Waals surface area contributed by atoms with Crippen LogP contribution in [-0.2, 0) is 0 Å². The standard InChI is InChI=1S/C12H13N3O/c16-12(15-6-1-2-7-15)10-5-3-4-9-8-13-14-11(9)10/h3-5,8H,1-2,6-7H2,(H,13,14). The highest BCUT2D eigenvalue weighted by Crippen LogP contribution is 2.19. The number of nitrogens with one attached hydrogen (secondary N) is 1. The molecule has 1 N–H and O–H groups in total. The first-order valence-corrected chi connectivity index (χ1v) is 5.57. The Morgan fingerprint density at radius 2 is 2.12 bits per heavy atom. The van der Waals surface area contributed by atoms with Gasteiger partial charge in [-0.25, -0.2) is 0 Å². The van der Waals surface area contributed by atoms with Crippen LogP contribution in [0.2, 0.25) is 0 Å². The Morgan fingerprint density at radius 1 is 1.31 bits per heavy atom. The minimum Gasteiger partial charge on any atom is -0.339 e. The molecule has 82 valence electrons. The molecule has 0 aliphatic carbocycles. The summed E-state index contributed by atoms with van der Waals surface area (Å²) in [5.74, 6) is 0.118. The summed E-state index contributed by atoms with van der Waals surface area (Å²) in [6.45, 7) is 1.76. The van der Waals surface area contributed by atoms with Crippen LogP contribution in [0.3, 0.4) is 0 Å². The maximum atomic E-state index is 12.2. The molecule has 4 heteroatoms. The summed E-state index contributed by atoms with van der Waals surface area (Å²) in [6, 6.07) is 5.72. The van der Waals surface area contributed by atoms with Crippen molar-refractivity contribution in [2.24, 2.45) is 0 Å². The largest absolute Gasteiger partial charge is 0.339 e. The molecule has 1 aromatic heterocycles. The number of hydrogen-bond acceptors (Lipinski definition) is 2. The summed E-state index contributed by atoms with van der Waals surface area (Å²) in [5.41, 5.74) is 1.58. The van der Waals surface area contributed by atoms with E-state index in [1.807, 2.05) is 23.1 Å². The van der Waals surface area contributed by atoms with E-state index in [4.69, 9.17) is 0 Å². The van der Waals surface area contributed by atoms with Gasteiger partial charge in [0.25, 0.3) is 5.91 Å². The summed E-state index contributed by atoms with van der Waals surface area (Å²) >= 11 is 0. The summed E-state index contributed by atoms with van der Waals surface area (Å²) in [5, 5.41) is 7.86. The fourth-order valence-corrected chi connectivity index (χ4v) is 2.24. The first-order chi connectivity index (χ1) is 7.86. The van der Waals surface area contributed by atoms with Crippen molar-refractivity contribution in [3.8, 4) is 0 Å². The monoisotopic (exact) mass is 215 g/mol. The number of H-pyrrole nitrogens is 1. The Balaban J connectivity index is 2.04. The fraction of sp³-hybridized carbons (Fsp3) is 0.333. The molecule has 0 atom stereocenters. The van der Waals surface area contributed by atoms with Crippen molar-refractivity contribution in [3.05, 3.63) is 30.0 Å². The van der Waals surface area contributed by atoms with Crippen LogP contribution in [-0.4, -0.2) is 34.1 Å². The fourth-order valence-electron chi connectivity index (χ4n) is 2.24. The van der Waals surface area contributed by atoms with Crippen molar-refractivity contribution in [2.45, 2.75) is 12.8 Å². The highest BCUT2D eigenvalue weighted by atomic mass is 16.2. The maximum absolute atomic E-state index is 12.2. The van der Waals surface area contributed by atoms with Gasteiger partial charge in [0, 0.05) is 18.5 Å². The van der Waals surface area contributed by atoms with Crippen LogP contribution in [0, 0.1) is 0 Å². The second-order valence-corrected chi connectivity index (χ2v) is 4.14. The van der Waals surface area contributed by atoms with Gasteiger partial charge >= 0.3 is 0 Å². The van der Waals surface area contributed by atoms with Gasteiger partial charge in [0.2, 0.25) is 0 Å². The number of hydrogen-bond donors (Lipinski definition) is 1. The number of para-hydroxylation sites is 1. The van der Waals surface area contributed by atoms with Crippen LogP contribution in [0.25, 0.3) is 10.9 Å². The highest BCUT2D eigenvalue weighted by Gasteiger charge is 2.21. The van der Waals surface area contributed by atoms with Gasteiger partial charge in [0.15, 0.2) is 0 Å². The maximum Gasteiger partial charge on any atom is 0.256 e. The van der Waals surface area contributed by atoms with E-state index < -0.39 is 0 Å². The average Bonchev–Trinajstić information content (AvgIpc) is 2.98. The first kappa shape index (κ1) is 9.39. The van der Waals surface area contributed by atoms with Gasteiger partial charge in [-0.15, -0.1) is 0 Å². The average molecular weight is 215 g/mol. The van der Waals surface area contributed by atoms with E-state index in [9.17, 15) is 4.79 Å². The Bertz CT molecular complexity index is 526. The smallest absolute Gasteiger partial charge is 0.256 e. The molecule has 1 fully saturated rings. The molecule has 4 nitrogen and oxygen atoms in total. The van der Waals surface area contributed by atoms with Crippen LogP contribution in [0.4, 0.5) is 0 Å². The van der Waals surface area contributed by atoms with Gasteiger partial charge in [-0.05, 0) is 18.9 Å². The van der Waals surface area contributed by atoms with E-state index in [0.717, 1.165) is 42.4 Å². The van der Waals surface area contributed by atoms with Gasteiger partial charge in [0.05, 0.1) is 17.3 Å². The van der Waals surface area contributed by atoms with Crippen molar-refractivity contribution < 1.29 is 4.79 Å². The zero-order valence-electron chi connectivity index (χ0n) is 8.94. The summed E-state index contributed by atoms with van der Waals surface area (Å²) in [6.07, 6.45) is 3.98. The van der Waals surface area contributed by atoms with E-state index in [1.54, 1.807) is 6.20 Å². The molecule has 1 saturated heterocycles. The lowest BCUT2D eigenvalue weighted by Crippen LogP contribution is -2.27. The van der Waals surface area contributed by atoms with Gasteiger partial charge in [-0.1, -0.05) is 12.1 Å². The summed E-state index contributed by atoms with van der Waals surface area (Å²) in [4.78, 5) is 14.1. The predicted molar refractivity (Wildman–Crippen MR) is 61.2 cm³/mol. The highest BCUT2D eigenvalue weighted by molar-refractivity contribution is 6.05. The molecule has 2 aromatic rings. The van der Waals surface area contributed by atoms with Crippen LogP contribution >= 0.6 is 0 Å². The van der Waals surface area contributed by atoms with Crippen molar-refractivity contribution in [1.82, 2.24) is 15.1 Å². The Kier molecular flexibility index (Phi) is 2.13. The van der Waals surface area contributed by atoms with Crippen LogP contribution in [0.15, 0.2) is 24.4 Å². The second kappa shape index (κ2) is 3.63. The molecule has 0 bridgehead atoms. The molecule has 1 amide bonds. The van der Waals surface area contributed by atoms with Crippen LogP contribution in [0.5, 0.6) is 0 Å². The van der Waals surface area contributed by atoms with Crippen molar-refractivity contribution in [2.75, 3.05) is 13.1 Å². The molecule has 1 aromatic carbocycles. The Labute approximate surface area is 93.3 Å². The lowest BCUT2D eigenvalue weighted by Gasteiger charge is -2.15. The lowest BCUT2D eigenvalue weighted by atomic mass is 10.1. The van der Waals surface area contributed by atoms with E-state index in [0.29, 0.717) is 0 Å². The lowest BCUT2D eigenvalue weighted by molar-refractivity contribution is 0.0794. The quantitative estimate of drug-likeness (QED) is 0.788. The molecule has 16 heavy (non-hydrogen) atoms. The number of carbonyl (C=O) groups excluding carboxylic acids is 1. The van der Waals surface area contributed by atoms with Crippen molar-refractivity contribution in [3.63, 3.8) is 0 Å². The molecule has 0 saturated carbocycles. The van der Waals surface area contributed by atoms with Gasteiger partial charge < -0.3 is 4.90 Å². The molecular weight excluding hydrogens is 202 g/mol. The molecule has 2 heterocycles. The van der Waals surface area contributed by atoms with E-state index in [2.05, 4.69) is 10.2 Å². The van der Waals surface area contributed by atoms with Crippen molar-refractivity contribution >= 4 is 16.8 Å². The first-order valence-electron chi connectivity index (χ1n) is 5.57. The van der Waals surface area contributed by atoms with Crippen LogP contribution in [0.1, 0.15) is 23.2 Å². The molecule has 0 unspecified atom stereocenters. The SMILES string of the molecule is O=C(c1cccc2cn[nH]c12)N1CCCC1. The normalized spacial score (nSPS) is 15.9. The summed E-state index contributed by atoms with van der Waals surface area (Å²) < 4.78 is 0. The summed E-state index contributed by atoms with van der Waals surface area (Å²) in [7, 11) is 0. The van der Waals surface area contributed by atoms with Gasteiger partial charge in [-0.2, -0.15) is 5.10 Å². The number of fused-ring (bicyclic) bond motifs is 1. The van der Waals surface area contributed by atoms with E-state index in [1.165, 1.54) is 0 Å². The number of rotatable bonds is 1. The molecule has 0 radical (unpaired) electrons. The number of aromatic amines is 1. The third-order valence-electron chi connectivity index (χ3n) is 3.10. The number of carbonyl (C=O) groups is 1. The number of aromatic nitrogens is 2. The molecule has 1 aliphatic heterocycles. The van der Waals surface area contributed by atoms with Gasteiger partial charge in [0.1, 0.15) is 0 Å². The van der Waals surface area contributed by atoms with Crippen LogP contribution < -0.4 is 0 Å². The van der Waals surface area contributed by atoms with Crippen molar-refractivity contribution in [1.29, 1.82) is 0 Å². The number of benzene rings is 1. The minimum atomic E-state index is 0.118.